The van der Waals surface area contributed by atoms with Gasteiger partial charge in [-0.05, 0) is 88.2 Å². The second kappa shape index (κ2) is 6.73. The minimum atomic E-state index is -0.385. The standard InChI is InChI=1S/C25H30N2O3/c1-15-4-6-20(7-5-15)24-10-18-9-19(11-24)13-25(12-18,14-24)23(29)27-26-22(28)21-8-16(2)30-17(21)3/h4-8,18-19H,9-14H2,1-3H3,(H,26,28)(H,27,29). The predicted molar refractivity (Wildman–Crippen MR) is 114 cm³/mol. The summed E-state index contributed by atoms with van der Waals surface area (Å²) in [6, 6.07) is 10.6. The molecule has 4 aliphatic carbocycles. The van der Waals surface area contributed by atoms with Crippen LogP contribution in [-0.2, 0) is 10.2 Å². The van der Waals surface area contributed by atoms with Crippen molar-refractivity contribution in [2.75, 3.05) is 0 Å². The minimum absolute atomic E-state index is 0.0284. The first-order chi connectivity index (χ1) is 14.3. The number of hydrogen-bond donors (Lipinski definition) is 2. The zero-order valence-electron chi connectivity index (χ0n) is 18.0. The molecule has 2 atom stereocenters. The van der Waals surface area contributed by atoms with E-state index in [9.17, 15) is 9.59 Å². The van der Waals surface area contributed by atoms with Crippen LogP contribution >= 0.6 is 0 Å². The average molecular weight is 407 g/mol. The van der Waals surface area contributed by atoms with Crippen LogP contribution in [-0.4, -0.2) is 11.8 Å². The quantitative estimate of drug-likeness (QED) is 0.737. The maximum atomic E-state index is 13.4. The number of aryl methyl sites for hydroxylation is 3. The second-order valence-corrected chi connectivity index (χ2v) is 10.1. The molecule has 2 aromatic rings. The molecule has 5 heteroatoms. The van der Waals surface area contributed by atoms with Crippen molar-refractivity contribution < 1.29 is 14.0 Å². The molecule has 0 radical (unpaired) electrons. The average Bonchev–Trinajstić information content (AvgIpc) is 3.03. The van der Waals surface area contributed by atoms with Crippen LogP contribution in [0.2, 0.25) is 0 Å². The first-order valence-corrected chi connectivity index (χ1v) is 11.0. The fraction of sp³-hybridized carbons (Fsp3) is 0.520. The van der Waals surface area contributed by atoms with E-state index in [1.807, 2.05) is 6.92 Å². The van der Waals surface area contributed by atoms with Gasteiger partial charge in [-0.2, -0.15) is 0 Å². The lowest BCUT2D eigenvalue weighted by atomic mass is 9.42. The molecule has 5 nitrogen and oxygen atoms in total. The summed E-state index contributed by atoms with van der Waals surface area (Å²) in [5.41, 5.74) is 8.24. The van der Waals surface area contributed by atoms with Gasteiger partial charge in [-0.25, -0.2) is 0 Å². The maximum absolute atomic E-state index is 13.4. The van der Waals surface area contributed by atoms with E-state index < -0.39 is 0 Å². The lowest BCUT2D eigenvalue weighted by Crippen LogP contribution is -2.60. The van der Waals surface area contributed by atoms with Crippen LogP contribution in [0.5, 0.6) is 0 Å². The van der Waals surface area contributed by atoms with Gasteiger partial charge < -0.3 is 4.42 Å². The highest BCUT2D eigenvalue weighted by Crippen LogP contribution is 2.65. The van der Waals surface area contributed by atoms with Crippen LogP contribution in [0.4, 0.5) is 0 Å². The monoisotopic (exact) mass is 406 g/mol. The van der Waals surface area contributed by atoms with Crippen LogP contribution in [0.1, 0.15) is 71.5 Å². The molecule has 4 aliphatic rings. The summed E-state index contributed by atoms with van der Waals surface area (Å²) in [5.74, 6) is 2.08. The van der Waals surface area contributed by atoms with Crippen molar-refractivity contribution in [1.82, 2.24) is 10.9 Å². The number of amides is 2. The van der Waals surface area contributed by atoms with Gasteiger partial charge in [0.05, 0.1) is 11.0 Å². The maximum Gasteiger partial charge on any atom is 0.273 e. The summed E-state index contributed by atoms with van der Waals surface area (Å²) in [5, 5.41) is 0. The Labute approximate surface area is 177 Å². The van der Waals surface area contributed by atoms with Crippen molar-refractivity contribution in [2.24, 2.45) is 17.3 Å². The van der Waals surface area contributed by atoms with Crippen molar-refractivity contribution in [3.63, 3.8) is 0 Å². The largest absolute Gasteiger partial charge is 0.466 e. The third kappa shape index (κ3) is 3.06. The molecule has 158 valence electrons. The zero-order chi connectivity index (χ0) is 21.1. The van der Waals surface area contributed by atoms with Gasteiger partial charge in [0.1, 0.15) is 11.5 Å². The number of furan rings is 1. The molecular formula is C25H30N2O3. The molecule has 4 fully saturated rings. The summed E-state index contributed by atoms with van der Waals surface area (Å²) >= 11 is 0. The van der Waals surface area contributed by atoms with Crippen LogP contribution < -0.4 is 10.9 Å². The Morgan fingerprint density at radius 3 is 2.23 bits per heavy atom. The van der Waals surface area contributed by atoms with E-state index in [0.29, 0.717) is 28.9 Å². The molecule has 0 saturated heterocycles. The Morgan fingerprint density at radius 2 is 1.63 bits per heavy atom. The van der Waals surface area contributed by atoms with Gasteiger partial charge in [-0.3, -0.25) is 20.4 Å². The lowest BCUT2D eigenvalue weighted by molar-refractivity contribution is -0.149. The first-order valence-electron chi connectivity index (χ1n) is 11.0. The van der Waals surface area contributed by atoms with Crippen LogP contribution in [0, 0.1) is 38.0 Å². The Balaban J connectivity index is 1.36. The van der Waals surface area contributed by atoms with Crippen molar-refractivity contribution in [1.29, 1.82) is 0 Å². The summed E-state index contributed by atoms with van der Waals surface area (Å²) in [4.78, 5) is 25.9. The predicted octanol–water partition coefficient (Wildman–Crippen LogP) is 4.50. The normalized spacial score (nSPS) is 31.6. The first kappa shape index (κ1) is 19.4. The Morgan fingerprint density at radius 1 is 0.967 bits per heavy atom. The van der Waals surface area contributed by atoms with E-state index in [-0.39, 0.29) is 22.6 Å². The molecule has 30 heavy (non-hydrogen) atoms. The Bertz CT molecular complexity index is 990. The van der Waals surface area contributed by atoms with E-state index in [1.165, 1.54) is 30.4 Å². The fourth-order valence-electron chi connectivity index (χ4n) is 6.94. The second-order valence-electron chi connectivity index (χ2n) is 10.1. The number of benzene rings is 1. The highest BCUT2D eigenvalue weighted by atomic mass is 16.3. The van der Waals surface area contributed by atoms with E-state index in [0.717, 1.165) is 19.3 Å². The Kier molecular flexibility index (Phi) is 4.35. The molecular weight excluding hydrogens is 376 g/mol. The number of rotatable bonds is 3. The molecule has 1 aromatic carbocycles. The molecule has 1 heterocycles. The van der Waals surface area contributed by atoms with Crippen LogP contribution in [0.25, 0.3) is 0 Å². The summed E-state index contributed by atoms with van der Waals surface area (Å²) in [6.07, 6.45) is 6.35. The van der Waals surface area contributed by atoms with Gasteiger partial charge in [0.25, 0.3) is 5.91 Å². The third-order valence-electron chi connectivity index (χ3n) is 7.78. The molecule has 2 amide bonds. The molecule has 1 aromatic heterocycles. The highest BCUT2D eigenvalue weighted by Gasteiger charge is 2.61. The number of hydrogen-bond acceptors (Lipinski definition) is 3. The molecule has 4 saturated carbocycles. The van der Waals surface area contributed by atoms with Crippen molar-refractivity contribution in [3.05, 3.63) is 58.5 Å². The lowest BCUT2D eigenvalue weighted by Gasteiger charge is -2.61. The van der Waals surface area contributed by atoms with Crippen molar-refractivity contribution in [3.8, 4) is 0 Å². The van der Waals surface area contributed by atoms with Gasteiger partial charge >= 0.3 is 0 Å². The Hall–Kier alpha value is -2.56. The number of carbonyl (C=O) groups excluding carboxylic acids is 2. The third-order valence-corrected chi connectivity index (χ3v) is 7.78. The van der Waals surface area contributed by atoms with E-state index >= 15 is 0 Å². The van der Waals surface area contributed by atoms with Gasteiger partial charge in [0.2, 0.25) is 5.91 Å². The number of carbonyl (C=O) groups is 2. The van der Waals surface area contributed by atoms with Crippen LogP contribution in [0.15, 0.2) is 34.7 Å². The molecule has 0 aliphatic heterocycles. The number of hydrazine groups is 1. The molecule has 0 spiro atoms. The van der Waals surface area contributed by atoms with Crippen LogP contribution in [0.3, 0.4) is 0 Å². The smallest absolute Gasteiger partial charge is 0.273 e. The number of nitrogens with one attached hydrogen (secondary N) is 2. The molecule has 4 bridgehead atoms. The molecule has 2 unspecified atom stereocenters. The molecule has 2 N–H and O–H groups in total. The van der Waals surface area contributed by atoms with E-state index in [4.69, 9.17) is 4.42 Å². The summed E-state index contributed by atoms with van der Waals surface area (Å²) in [6.45, 7) is 5.68. The van der Waals surface area contributed by atoms with Gasteiger partial charge in [-0.15, -0.1) is 0 Å². The summed E-state index contributed by atoms with van der Waals surface area (Å²) < 4.78 is 5.44. The molecule has 6 rings (SSSR count). The van der Waals surface area contributed by atoms with Gasteiger partial charge in [-0.1, -0.05) is 29.8 Å². The topological polar surface area (TPSA) is 71.3 Å². The van der Waals surface area contributed by atoms with Crippen molar-refractivity contribution in [2.45, 2.75) is 64.7 Å². The minimum Gasteiger partial charge on any atom is -0.466 e. The van der Waals surface area contributed by atoms with E-state index in [2.05, 4.69) is 42.0 Å². The fourth-order valence-corrected chi connectivity index (χ4v) is 6.94. The zero-order valence-corrected chi connectivity index (χ0v) is 18.0. The van der Waals surface area contributed by atoms with Gasteiger partial charge in [0, 0.05) is 0 Å². The van der Waals surface area contributed by atoms with Crippen molar-refractivity contribution >= 4 is 11.8 Å². The summed E-state index contributed by atoms with van der Waals surface area (Å²) in [7, 11) is 0. The van der Waals surface area contributed by atoms with Gasteiger partial charge in [0.15, 0.2) is 0 Å². The highest BCUT2D eigenvalue weighted by molar-refractivity contribution is 5.97. The van der Waals surface area contributed by atoms with E-state index in [1.54, 1.807) is 13.0 Å². The SMILES string of the molecule is Cc1ccc(C23CC4CC(CC(C(=O)NNC(=O)c5cc(C)oc5C)(C4)C2)C3)cc1.